The Morgan fingerprint density at radius 2 is 1.91 bits per heavy atom. The quantitative estimate of drug-likeness (QED) is 0.343. The first-order valence-electron chi connectivity index (χ1n) is 10.4. The predicted molar refractivity (Wildman–Crippen MR) is 112 cm³/mol. The number of methoxy groups -OCH3 is 1. The van der Waals surface area contributed by atoms with Crippen LogP contribution in [0.2, 0.25) is 0 Å². The summed E-state index contributed by atoms with van der Waals surface area (Å²) < 4.78 is 11.5. The minimum Gasteiger partial charge on any atom is -0.507 e. The number of phenolic OH excluding ortho intramolecular Hbond substituents is 1. The van der Waals surface area contributed by atoms with Gasteiger partial charge in [-0.25, -0.2) is 5.48 Å². The number of rotatable bonds is 7. The second-order valence-corrected chi connectivity index (χ2v) is 7.87. The van der Waals surface area contributed by atoms with Gasteiger partial charge < -0.3 is 14.6 Å². The average molecular weight is 440 g/mol. The van der Waals surface area contributed by atoms with Gasteiger partial charge in [0.25, 0.3) is 11.8 Å². The number of hydrogen-bond acceptors (Lipinski definition) is 7. The molecule has 3 N–H and O–H groups in total. The van der Waals surface area contributed by atoms with Gasteiger partial charge in [0.2, 0.25) is 5.91 Å². The van der Waals surface area contributed by atoms with Gasteiger partial charge in [0.15, 0.2) is 11.5 Å². The van der Waals surface area contributed by atoms with E-state index in [1.54, 1.807) is 23.7 Å². The Balaban J connectivity index is 1.74. The van der Waals surface area contributed by atoms with E-state index in [4.69, 9.17) is 14.7 Å². The molecule has 4 rings (SSSR count). The molecule has 168 valence electrons. The zero-order valence-corrected chi connectivity index (χ0v) is 17.5. The molecular weight excluding hydrogens is 416 g/mol. The van der Waals surface area contributed by atoms with Crippen LogP contribution in [-0.4, -0.2) is 46.1 Å². The van der Waals surface area contributed by atoms with Crippen molar-refractivity contribution in [1.82, 2.24) is 10.4 Å². The van der Waals surface area contributed by atoms with Crippen molar-refractivity contribution < 1.29 is 34.2 Å². The van der Waals surface area contributed by atoms with Crippen LogP contribution in [0.3, 0.4) is 0 Å². The number of nitrogens with zero attached hydrogens (tertiary/aromatic N) is 1. The summed E-state index contributed by atoms with van der Waals surface area (Å²) in [6, 6.07) is 8.14. The fourth-order valence-corrected chi connectivity index (χ4v) is 4.33. The number of imide groups is 1. The molecule has 2 aromatic rings. The summed E-state index contributed by atoms with van der Waals surface area (Å²) in [7, 11) is 1.51. The zero-order chi connectivity index (χ0) is 22.8. The van der Waals surface area contributed by atoms with E-state index < -0.39 is 23.8 Å². The molecular formula is C23H24N2O7. The topological polar surface area (TPSA) is 125 Å². The summed E-state index contributed by atoms with van der Waals surface area (Å²) in [5, 5.41) is 19.2. The maximum atomic E-state index is 13.1. The van der Waals surface area contributed by atoms with E-state index >= 15 is 0 Å². The molecule has 32 heavy (non-hydrogen) atoms. The van der Waals surface area contributed by atoms with E-state index in [0.717, 1.165) is 30.6 Å². The smallest absolute Gasteiger partial charge is 0.265 e. The molecule has 9 heteroatoms. The molecule has 1 fully saturated rings. The number of hydrogen-bond donors (Lipinski definition) is 3. The van der Waals surface area contributed by atoms with E-state index in [-0.39, 0.29) is 29.4 Å². The summed E-state index contributed by atoms with van der Waals surface area (Å²) in [4.78, 5) is 39.2. The first-order valence-corrected chi connectivity index (χ1v) is 10.4. The maximum absolute atomic E-state index is 13.1. The van der Waals surface area contributed by atoms with Crippen molar-refractivity contribution in [2.45, 2.75) is 44.2 Å². The van der Waals surface area contributed by atoms with Crippen molar-refractivity contribution in [2.75, 3.05) is 7.11 Å². The van der Waals surface area contributed by atoms with Gasteiger partial charge in [-0.05, 0) is 55.5 Å². The molecule has 0 aromatic heterocycles. The van der Waals surface area contributed by atoms with E-state index in [9.17, 15) is 19.5 Å². The third-order valence-corrected chi connectivity index (χ3v) is 5.91. The van der Waals surface area contributed by atoms with E-state index in [1.165, 1.54) is 25.3 Å². The Morgan fingerprint density at radius 3 is 2.56 bits per heavy atom. The van der Waals surface area contributed by atoms with Crippen molar-refractivity contribution in [2.24, 2.45) is 0 Å². The van der Waals surface area contributed by atoms with Crippen LogP contribution in [0, 0.1) is 0 Å². The molecule has 9 nitrogen and oxygen atoms in total. The second-order valence-electron chi connectivity index (χ2n) is 7.87. The lowest BCUT2D eigenvalue weighted by molar-refractivity contribution is -0.130. The lowest BCUT2D eigenvalue weighted by Gasteiger charge is -2.27. The Kier molecular flexibility index (Phi) is 6.00. The third-order valence-electron chi connectivity index (χ3n) is 5.91. The fourth-order valence-electron chi connectivity index (χ4n) is 4.33. The predicted octanol–water partition coefficient (Wildman–Crippen LogP) is 2.96. The van der Waals surface area contributed by atoms with Crippen LogP contribution in [0.4, 0.5) is 0 Å². The molecule has 1 aliphatic carbocycles. The summed E-state index contributed by atoms with van der Waals surface area (Å²) in [6.45, 7) is 0. The van der Waals surface area contributed by atoms with Gasteiger partial charge in [0.05, 0.1) is 36.8 Å². The molecule has 1 aliphatic heterocycles. The maximum Gasteiger partial charge on any atom is 0.265 e. The summed E-state index contributed by atoms with van der Waals surface area (Å²) in [5.74, 6) is -1.49. The summed E-state index contributed by atoms with van der Waals surface area (Å²) in [6.07, 6.45) is 3.64. The Morgan fingerprint density at radius 1 is 1.16 bits per heavy atom. The molecule has 2 aliphatic rings. The number of amides is 3. The first kappa shape index (κ1) is 21.6. The highest BCUT2D eigenvalue weighted by atomic mass is 16.5. The molecule has 3 amide bonds. The number of fused-ring (bicyclic) bond motifs is 1. The number of hydroxylamine groups is 1. The minimum absolute atomic E-state index is 0.0367. The SMILES string of the molecule is COc1ccc(C(CC(=O)NO)N2C(=O)c3cccc(O)c3C2=O)cc1OC1CCCC1. The van der Waals surface area contributed by atoms with Gasteiger partial charge in [-0.1, -0.05) is 12.1 Å². The normalized spacial score (nSPS) is 16.8. The third kappa shape index (κ3) is 3.87. The molecule has 1 unspecified atom stereocenters. The van der Waals surface area contributed by atoms with E-state index in [0.29, 0.717) is 17.1 Å². The van der Waals surface area contributed by atoms with Crippen molar-refractivity contribution in [3.05, 3.63) is 53.1 Å². The zero-order valence-electron chi connectivity index (χ0n) is 17.5. The highest BCUT2D eigenvalue weighted by molar-refractivity contribution is 6.22. The summed E-state index contributed by atoms with van der Waals surface area (Å²) in [5.41, 5.74) is 1.96. The fraction of sp³-hybridized carbons (Fsp3) is 0.348. The van der Waals surface area contributed by atoms with Gasteiger partial charge in [-0.2, -0.15) is 0 Å². The van der Waals surface area contributed by atoms with Gasteiger partial charge >= 0.3 is 0 Å². The number of carbonyl (C=O) groups is 3. The van der Waals surface area contributed by atoms with Crippen LogP contribution in [0.1, 0.15) is 64.4 Å². The molecule has 0 bridgehead atoms. The van der Waals surface area contributed by atoms with Crippen molar-refractivity contribution in [1.29, 1.82) is 0 Å². The van der Waals surface area contributed by atoms with Crippen molar-refractivity contribution in [3.63, 3.8) is 0 Å². The molecule has 1 atom stereocenters. The number of aromatic hydroxyl groups is 1. The second kappa shape index (κ2) is 8.88. The molecule has 0 radical (unpaired) electrons. The van der Waals surface area contributed by atoms with Crippen molar-refractivity contribution >= 4 is 17.7 Å². The van der Waals surface area contributed by atoms with E-state index in [2.05, 4.69) is 0 Å². The number of phenols is 1. The van der Waals surface area contributed by atoms with Gasteiger partial charge in [0, 0.05) is 0 Å². The Bertz CT molecular complexity index is 1060. The highest BCUT2D eigenvalue weighted by Crippen LogP contribution is 2.40. The molecule has 0 spiro atoms. The van der Waals surface area contributed by atoms with Crippen molar-refractivity contribution in [3.8, 4) is 17.2 Å². The van der Waals surface area contributed by atoms with Crippen LogP contribution >= 0.6 is 0 Å². The van der Waals surface area contributed by atoms with Crippen LogP contribution in [0.5, 0.6) is 17.2 Å². The molecule has 1 saturated carbocycles. The van der Waals surface area contributed by atoms with Crippen LogP contribution in [0.25, 0.3) is 0 Å². The number of nitrogens with one attached hydrogen (secondary N) is 1. The van der Waals surface area contributed by atoms with E-state index in [1.807, 2.05) is 0 Å². The van der Waals surface area contributed by atoms with Gasteiger partial charge in [-0.3, -0.25) is 24.5 Å². The average Bonchev–Trinajstić information content (AvgIpc) is 3.39. The number of ether oxygens (including phenoxy) is 2. The van der Waals surface area contributed by atoms with Gasteiger partial charge in [0.1, 0.15) is 5.75 Å². The lowest BCUT2D eigenvalue weighted by atomic mass is 10.0. The summed E-state index contributed by atoms with van der Waals surface area (Å²) >= 11 is 0. The number of carbonyl (C=O) groups excluding carboxylic acids is 3. The molecule has 2 aromatic carbocycles. The molecule has 0 saturated heterocycles. The lowest BCUT2D eigenvalue weighted by Crippen LogP contribution is -2.37. The van der Waals surface area contributed by atoms with Crippen LogP contribution in [-0.2, 0) is 4.79 Å². The highest BCUT2D eigenvalue weighted by Gasteiger charge is 2.43. The van der Waals surface area contributed by atoms with Crippen LogP contribution in [0.15, 0.2) is 36.4 Å². The monoisotopic (exact) mass is 440 g/mol. The standard InChI is InChI=1S/C23H24N2O7/c1-31-18-10-9-13(11-19(18)32-14-5-2-3-6-14)16(12-20(27)24-30)25-22(28)15-7-4-8-17(26)21(15)23(25)29/h4,7-11,14,16,26,30H,2-3,5-6,12H2,1H3,(H,24,27). The number of benzene rings is 2. The van der Waals surface area contributed by atoms with Crippen LogP contribution < -0.4 is 15.0 Å². The largest absolute Gasteiger partial charge is 0.507 e. The molecule has 1 heterocycles. The first-order chi connectivity index (χ1) is 15.4. The Hall–Kier alpha value is -3.59. The minimum atomic E-state index is -1.04. The Labute approximate surface area is 184 Å². The van der Waals surface area contributed by atoms with Gasteiger partial charge in [-0.15, -0.1) is 0 Å².